The predicted molar refractivity (Wildman–Crippen MR) is 64.5 cm³/mol. The summed E-state index contributed by atoms with van der Waals surface area (Å²) in [6.45, 7) is 5.25. The van der Waals surface area contributed by atoms with Gasteiger partial charge in [-0.3, -0.25) is 9.20 Å². The molecule has 0 aliphatic carbocycles. The average Bonchev–Trinajstić information content (AvgIpc) is 2.63. The number of aromatic nitrogens is 2. The Balaban J connectivity index is 2.46. The van der Waals surface area contributed by atoms with Gasteiger partial charge in [0, 0.05) is 11.6 Å². The summed E-state index contributed by atoms with van der Waals surface area (Å²) in [4.78, 5) is 28.3. The molecule has 0 saturated heterocycles. The zero-order valence-electron chi connectivity index (χ0n) is 9.76. The summed E-state index contributed by atoms with van der Waals surface area (Å²) in [6, 6.07) is 0. The first-order valence-corrected chi connectivity index (χ1v) is 5.95. The predicted octanol–water partition coefficient (Wildman–Crippen LogP) is 1.71. The first kappa shape index (κ1) is 11.8. The van der Waals surface area contributed by atoms with Crippen LogP contribution in [0.1, 0.15) is 31.1 Å². The molecule has 0 bridgehead atoms. The van der Waals surface area contributed by atoms with Crippen molar-refractivity contribution in [3.63, 3.8) is 0 Å². The quantitative estimate of drug-likeness (QED) is 0.725. The topological polar surface area (TPSA) is 60.7 Å². The van der Waals surface area contributed by atoms with Gasteiger partial charge in [0.1, 0.15) is 11.2 Å². The third kappa shape index (κ3) is 2.36. The highest BCUT2D eigenvalue weighted by molar-refractivity contribution is 7.15. The van der Waals surface area contributed by atoms with Crippen LogP contribution in [0.15, 0.2) is 22.6 Å². The Labute approximate surface area is 102 Å². The van der Waals surface area contributed by atoms with Gasteiger partial charge in [-0.05, 0) is 20.8 Å². The maximum Gasteiger partial charge on any atom is 0.345 e. The molecule has 17 heavy (non-hydrogen) atoms. The summed E-state index contributed by atoms with van der Waals surface area (Å²) >= 11 is 1.33. The maximum atomic E-state index is 11.9. The summed E-state index contributed by atoms with van der Waals surface area (Å²) in [5.74, 6) is -0.643. The van der Waals surface area contributed by atoms with Crippen LogP contribution < -0.4 is 5.56 Å². The Hall–Kier alpha value is -1.69. The average molecular weight is 252 g/mol. The van der Waals surface area contributed by atoms with Crippen molar-refractivity contribution in [2.75, 3.05) is 0 Å². The highest BCUT2D eigenvalue weighted by Crippen LogP contribution is 2.11. The molecule has 0 atom stereocenters. The van der Waals surface area contributed by atoms with Gasteiger partial charge in [-0.15, -0.1) is 11.3 Å². The van der Waals surface area contributed by atoms with Gasteiger partial charge < -0.3 is 4.74 Å². The van der Waals surface area contributed by atoms with Crippen molar-refractivity contribution in [1.29, 1.82) is 0 Å². The standard InChI is InChI=1S/C11H12N2O3S/c1-11(2,3)16-9(15)7-6-12-10-13(8(7)14)4-5-17-10/h4-6H,1-3H3. The molecule has 90 valence electrons. The Morgan fingerprint density at radius 3 is 2.82 bits per heavy atom. The normalized spacial score (nSPS) is 11.7. The van der Waals surface area contributed by atoms with Gasteiger partial charge in [0.2, 0.25) is 0 Å². The summed E-state index contributed by atoms with van der Waals surface area (Å²) in [5.41, 5.74) is -1.07. The van der Waals surface area contributed by atoms with Gasteiger partial charge in [0.25, 0.3) is 5.56 Å². The summed E-state index contributed by atoms with van der Waals surface area (Å²) in [6.07, 6.45) is 2.85. The van der Waals surface area contributed by atoms with E-state index in [-0.39, 0.29) is 5.56 Å². The number of rotatable bonds is 1. The molecule has 0 radical (unpaired) electrons. The molecule has 0 unspecified atom stereocenters. The van der Waals surface area contributed by atoms with E-state index in [0.717, 1.165) is 0 Å². The van der Waals surface area contributed by atoms with Gasteiger partial charge in [-0.1, -0.05) is 0 Å². The van der Waals surface area contributed by atoms with Crippen molar-refractivity contribution in [1.82, 2.24) is 9.38 Å². The first-order valence-electron chi connectivity index (χ1n) is 5.07. The number of carbonyl (C=O) groups is 1. The van der Waals surface area contributed by atoms with Crippen LogP contribution in [0.2, 0.25) is 0 Å². The van der Waals surface area contributed by atoms with Crippen LogP contribution in [0.25, 0.3) is 4.96 Å². The fourth-order valence-corrected chi connectivity index (χ4v) is 1.97. The second-order valence-electron chi connectivity index (χ2n) is 4.53. The SMILES string of the molecule is CC(C)(C)OC(=O)c1cnc2sccn2c1=O. The van der Waals surface area contributed by atoms with Crippen LogP contribution in [0.5, 0.6) is 0 Å². The van der Waals surface area contributed by atoms with E-state index in [1.807, 2.05) is 0 Å². The number of thiazole rings is 1. The van der Waals surface area contributed by atoms with Gasteiger partial charge in [-0.2, -0.15) is 0 Å². The van der Waals surface area contributed by atoms with Crippen LogP contribution in [0.3, 0.4) is 0 Å². The van der Waals surface area contributed by atoms with Crippen molar-refractivity contribution in [3.8, 4) is 0 Å². The number of fused-ring (bicyclic) bond motifs is 1. The molecule has 6 heteroatoms. The van der Waals surface area contributed by atoms with E-state index in [2.05, 4.69) is 4.98 Å². The highest BCUT2D eigenvalue weighted by atomic mass is 32.1. The number of hydrogen-bond acceptors (Lipinski definition) is 5. The second kappa shape index (κ2) is 3.96. The fourth-order valence-electron chi connectivity index (χ4n) is 1.30. The maximum absolute atomic E-state index is 11.9. The molecule has 2 aromatic heterocycles. The Morgan fingerprint density at radius 2 is 2.18 bits per heavy atom. The minimum absolute atomic E-state index is 0.0455. The molecular formula is C11H12N2O3S. The second-order valence-corrected chi connectivity index (χ2v) is 5.41. The van der Waals surface area contributed by atoms with Gasteiger partial charge in [0.15, 0.2) is 4.96 Å². The summed E-state index contributed by atoms with van der Waals surface area (Å²) in [7, 11) is 0. The Bertz CT molecular complexity index is 621. The van der Waals surface area contributed by atoms with E-state index in [0.29, 0.717) is 4.96 Å². The molecule has 0 aliphatic rings. The van der Waals surface area contributed by atoms with Crippen molar-refractivity contribution in [2.24, 2.45) is 0 Å². The lowest BCUT2D eigenvalue weighted by Crippen LogP contribution is -2.29. The monoisotopic (exact) mass is 252 g/mol. The molecule has 0 N–H and O–H groups in total. The van der Waals surface area contributed by atoms with Crippen LogP contribution in [0, 0.1) is 0 Å². The van der Waals surface area contributed by atoms with Crippen molar-refractivity contribution in [2.45, 2.75) is 26.4 Å². The lowest BCUT2D eigenvalue weighted by atomic mass is 10.2. The number of hydrogen-bond donors (Lipinski definition) is 0. The number of carbonyl (C=O) groups excluding carboxylic acids is 1. The molecule has 0 fully saturated rings. The van der Waals surface area contributed by atoms with Crippen LogP contribution in [-0.4, -0.2) is 21.0 Å². The number of esters is 1. The molecule has 0 aliphatic heterocycles. The van der Waals surface area contributed by atoms with Crippen LogP contribution in [-0.2, 0) is 4.74 Å². The van der Waals surface area contributed by atoms with E-state index < -0.39 is 17.1 Å². The molecule has 2 aromatic rings. The van der Waals surface area contributed by atoms with E-state index >= 15 is 0 Å². The lowest BCUT2D eigenvalue weighted by Gasteiger charge is -2.18. The van der Waals surface area contributed by atoms with Gasteiger partial charge in [-0.25, -0.2) is 9.78 Å². The zero-order chi connectivity index (χ0) is 12.6. The molecule has 0 amide bonds. The number of nitrogens with zero attached hydrogens (tertiary/aromatic N) is 2. The summed E-state index contributed by atoms with van der Waals surface area (Å²) < 4.78 is 6.48. The molecular weight excluding hydrogens is 240 g/mol. The molecule has 2 rings (SSSR count). The lowest BCUT2D eigenvalue weighted by molar-refractivity contribution is 0.00669. The van der Waals surface area contributed by atoms with Gasteiger partial charge in [0.05, 0.1) is 6.20 Å². The smallest absolute Gasteiger partial charge is 0.345 e. The zero-order valence-corrected chi connectivity index (χ0v) is 10.6. The largest absolute Gasteiger partial charge is 0.456 e. The van der Waals surface area contributed by atoms with Crippen LogP contribution >= 0.6 is 11.3 Å². The van der Waals surface area contributed by atoms with E-state index in [1.165, 1.54) is 21.9 Å². The minimum Gasteiger partial charge on any atom is -0.456 e. The minimum atomic E-state index is -0.643. The summed E-state index contributed by atoms with van der Waals surface area (Å²) in [5, 5.41) is 1.74. The van der Waals surface area contributed by atoms with Gasteiger partial charge >= 0.3 is 5.97 Å². The Morgan fingerprint density at radius 1 is 1.47 bits per heavy atom. The molecule has 2 heterocycles. The highest BCUT2D eigenvalue weighted by Gasteiger charge is 2.21. The molecule has 5 nitrogen and oxygen atoms in total. The molecule has 0 aromatic carbocycles. The Kier molecular flexibility index (Phi) is 2.74. The fraction of sp³-hybridized carbons (Fsp3) is 0.364. The molecule has 0 saturated carbocycles. The van der Waals surface area contributed by atoms with Crippen LogP contribution in [0.4, 0.5) is 0 Å². The first-order chi connectivity index (χ1) is 7.88. The van der Waals surface area contributed by atoms with E-state index in [4.69, 9.17) is 4.74 Å². The van der Waals surface area contributed by atoms with E-state index in [1.54, 1.807) is 32.3 Å². The third-order valence-electron chi connectivity index (χ3n) is 1.96. The third-order valence-corrected chi connectivity index (χ3v) is 2.73. The van der Waals surface area contributed by atoms with Crippen molar-refractivity contribution in [3.05, 3.63) is 33.7 Å². The molecule has 0 spiro atoms. The van der Waals surface area contributed by atoms with Crippen molar-refractivity contribution >= 4 is 22.3 Å². The van der Waals surface area contributed by atoms with Crippen molar-refractivity contribution < 1.29 is 9.53 Å². The van der Waals surface area contributed by atoms with E-state index in [9.17, 15) is 9.59 Å². The number of ether oxygens (including phenoxy) is 1.